The number of hydrogen-bond donors (Lipinski definition) is 1. The first-order valence-corrected chi connectivity index (χ1v) is 9.66. The standard InChI is InChI=1S/C20H27N3OS/c1-5-23(6-2)19-12-11-16(13-21-19)14-22-20(24)17-9-7-8-10-18(17)25-15(3)4/h7-13,15H,5-6,14H2,1-4H3,(H,22,24). The Morgan fingerprint density at radius 2 is 1.88 bits per heavy atom. The van der Waals surface area contributed by atoms with E-state index in [1.54, 1.807) is 11.8 Å². The largest absolute Gasteiger partial charge is 0.357 e. The summed E-state index contributed by atoms with van der Waals surface area (Å²) in [5.74, 6) is 0.926. The van der Waals surface area contributed by atoms with Crippen molar-refractivity contribution in [2.24, 2.45) is 0 Å². The van der Waals surface area contributed by atoms with Crippen molar-refractivity contribution in [3.05, 3.63) is 53.7 Å². The van der Waals surface area contributed by atoms with Crippen LogP contribution < -0.4 is 10.2 Å². The molecule has 4 nitrogen and oxygen atoms in total. The fourth-order valence-corrected chi connectivity index (χ4v) is 3.50. The molecule has 5 heteroatoms. The van der Waals surface area contributed by atoms with Crippen LogP contribution in [0.25, 0.3) is 0 Å². The van der Waals surface area contributed by atoms with Gasteiger partial charge in [0.1, 0.15) is 5.82 Å². The smallest absolute Gasteiger partial charge is 0.252 e. The summed E-state index contributed by atoms with van der Waals surface area (Å²) in [6.45, 7) is 10.8. The Bertz CT molecular complexity index is 682. The molecule has 0 aliphatic carbocycles. The number of benzene rings is 1. The summed E-state index contributed by atoms with van der Waals surface area (Å²) in [6, 6.07) is 11.8. The van der Waals surface area contributed by atoms with Crippen LogP contribution in [0.1, 0.15) is 43.6 Å². The van der Waals surface area contributed by atoms with Gasteiger partial charge in [-0.25, -0.2) is 4.98 Å². The molecule has 1 N–H and O–H groups in total. The molecule has 134 valence electrons. The van der Waals surface area contributed by atoms with Gasteiger partial charge in [-0.3, -0.25) is 4.79 Å². The number of nitrogens with zero attached hydrogens (tertiary/aromatic N) is 2. The number of carbonyl (C=O) groups is 1. The third kappa shape index (κ3) is 5.49. The zero-order chi connectivity index (χ0) is 18.2. The lowest BCUT2D eigenvalue weighted by Crippen LogP contribution is -2.24. The fraction of sp³-hybridized carbons (Fsp3) is 0.400. The number of amides is 1. The maximum Gasteiger partial charge on any atom is 0.252 e. The number of rotatable bonds is 8. The van der Waals surface area contributed by atoms with Crippen LogP contribution in [0.15, 0.2) is 47.5 Å². The monoisotopic (exact) mass is 357 g/mol. The van der Waals surface area contributed by atoms with E-state index < -0.39 is 0 Å². The normalized spacial score (nSPS) is 10.8. The second-order valence-corrected chi connectivity index (χ2v) is 7.66. The van der Waals surface area contributed by atoms with Crippen LogP contribution in [-0.4, -0.2) is 29.2 Å². The summed E-state index contributed by atoms with van der Waals surface area (Å²) >= 11 is 1.71. The van der Waals surface area contributed by atoms with Gasteiger partial charge in [-0.05, 0) is 37.6 Å². The van der Waals surface area contributed by atoms with Gasteiger partial charge in [-0.1, -0.05) is 32.0 Å². The van der Waals surface area contributed by atoms with Gasteiger partial charge in [0.15, 0.2) is 0 Å². The predicted octanol–water partition coefficient (Wildman–Crippen LogP) is 4.36. The molecule has 0 aliphatic rings. The second kappa shape index (κ2) is 9.47. The average Bonchev–Trinajstić information content (AvgIpc) is 2.62. The molecule has 1 amide bonds. The third-order valence-corrected chi connectivity index (χ3v) is 4.93. The first-order valence-electron chi connectivity index (χ1n) is 8.78. The van der Waals surface area contributed by atoms with Gasteiger partial charge < -0.3 is 10.2 Å². The van der Waals surface area contributed by atoms with E-state index in [1.165, 1.54) is 0 Å². The van der Waals surface area contributed by atoms with Gasteiger partial charge in [0.25, 0.3) is 5.91 Å². The number of nitrogens with one attached hydrogen (secondary N) is 1. The molecule has 0 atom stereocenters. The fourth-order valence-electron chi connectivity index (χ4n) is 2.54. The molecule has 0 saturated heterocycles. The van der Waals surface area contributed by atoms with Crippen LogP contribution in [-0.2, 0) is 6.54 Å². The molecule has 0 bridgehead atoms. The second-order valence-electron chi connectivity index (χ2n) is 6.04. The molecule has 25 heavy (non-hydrogen) atoms. The van der Waals surface area contributed by atoms with Crippen LogP contribution in [0.5, 0.6) is 0 Å². The predicted molar refractivity (Wildman–Crippen MR) is 106 cm³/mol. The lowest BCUT2D eigenvalue weighted by atomic mass is 10.2. The molecule has 0 spiro atoms. The molecule has 2 aromatic rings. The van der Waals surface area contributed by atoms with Gasteiger partial charge in [0, 0.05) is 36.0 Å². The lowest BCUT2D eigenvalue weighted by Gasteiger charge is -2.19. The molecule has 0 unspecified atom stereocenters. The van der Waals surface area contributed by atoms with Crippen molar-refractivity contribution in [2.75, 3.05) is 18.0 Å². The summed E-state index contributed by atoms with van der Waals surface area (Å²) in [6.07, 6.45) is 1.84. The van der Waals surface area contributed by atoms with E-state index in [-0.39, 0.29) is 5.91 Å². The molecule has 1 aromatic carbocycles. The highest BCUT2D eigenvalue weighted by Crippen LogP contribution is 2.26. The van der Waals surface area contributed by atoms with Gasteiger partial charge in [-0.2, -0.15) is 0 Å². The van der Waals surface area contributed by atoms with Crippen molar-refractivity contribution in [3.8, 4) is 0 Å². The van der Waals surface area contributed by atoms with Crippen molar-refractivity contribution in [3.63, 3.8) is 0 Å². The van der Waals surface area contributed by atoms with Crippen LogP contribution in [0.3, 0.4) is 0 Å². The Morgan fingerprint density at radius 3 is 2.48 bits per heavy atom. The average molecular weight is 358 g/mol. The van der Waals surface area contributed by atoms with Crippen LogP contribution in [0.4, 0.5) is 5.82 Å². The summed E-state index contributed by atoms with van der Waals surface area (Å²) in [4.78, 5) is 20.2. The van der Waals surface area contributed by atoms with E-state index in [4.69, 9.17) is 0 Å². The van der Waals surface area contributed by atoms with Crippen LogP contribution in [0, 0.1) is 0 Å². The maximum absolute atomic E-state index is 12.5. The van der Waals surface area contributed by atoms with Gasteiger partial charge in [0.2, 0.25) is 0 Å². The molecule has 1 aromatic heterocycles. The number of pyridine rings is 1. The van der Waals surface area contributed by atoms with Crippen molar-refractivity contribution in [1.29, 1.82) is 0 Å². The van der Waals surface area contributed by atoms with Gasteiger partial charge in [0.05, 0.1) is 5.56 Å². The minimum Gasteiger partial charge on any atom is -0.357 e. The van der Waals surface area contributed by atoms with E-state index in [1.807, 2.05) is 42.6 Å². The Morgan fingerprint density at radius 1 is 1.16 bits per heavy atom. The summed E-state index contributed by atoms with van der Waals surface area (Å²) in [5, 5.41) is 3.44. The topological polar surface area (TPSA) is 45.2 Å². The number of hydrogen-bond acceptors (Lipinski definition) is 4. The molecule has 2 rings (SSSR count). The van der Waals surface area contributed by atoms with E-state index in [0.717, 1.165) is 34.9 Å². The Balaban J connectivity index is 2.01. The Kier molecular flexibility index (Phi) is 7.31. The number of aromatic nitrogens is 1. The molecule has 0 saturated carbocycles. The zero-order valence-corrected chi connectivity index (χ0v) is 16.3. The summed E-state index contributed by atoms with van der Waals surface area (Å²) in [7, 11) is 0. The van der Waals surface area contributed by atoms with Crippen molar-refractivity contribution >= 4 is 23.5 Å². The molecule has 0 aliphatic heterocycles. The summed E-state index contributed by atoms with van der Waals surface area (Å²) < 4.78 is 0. The first kappa shape index (κ1) is 19.3. The Labute approximate surface area is 155 Å². The highest BCUT2D eigenvalue weighted by Gasteiger charge is 2.12. The number of thioether (sulfide) groups is 1. The highest BCUT2D eigenvalue weighted by molar-refractivity contribution is 8.00. The van der Waals surface area contributed by atoms with Crippen LogP contribution in [0.2, 0.25) is 0 Å². The maximum atomic E-state index is 12.5. The molecule has 1 heterocycles. The SMILES string of the molecule is CCN(CC)c1ccc(CNC(=O)c2ccccc2SC(C)C)cn1. The van der Waals surface area contributed by atoms with E-state index in [0.29, 0.717) is 11.8 Å². The molecule has 0 fully saturated rings. The first-order chi connectivity index (χ1) is 12.0. The van der Waals surface area contributed by atoms with E-state index in [9.17, 15) is 4.79 Å². The number of carbonyl (C=O) groups excluding carboxylic acids is 1. The van der Waals surface area contributed by atoms with Crippen molar-refractivity contribution in [1.82, 2.24) is 10.3 Å². The lowest BCUT2D eigenvalue weighted by molar-refractivity contribution is 0.0948. The van der Waals surface area contributed by atoms with Gasteiger partial charge >= 0.3 is 0 Å². The number of anilines is 1. The quantitative estimate of drug-likeness (QED) is 0.713. The molecular weight excluding hydrogens is 330 g/mol. The third-order valence-electron chi connectivity index (χ3n) is 3.84. The highest BCUT2D eigenvalue weighted by atomic mass is 32.2. The Hall–Kier alpha value is -2.01. The molecule has 0 radical (unpaired) electrons. The molecular formula is C20H27N3OS. The minimum atomic E-state index is -0.0448. The van der Waals surface area contributed by atoms with Crippen molar-refractivity contribution in [2.45, 2.75) is 44.4 Å². The van der Waals surface area contributed by atoms with Crippen molar-refractivity contribution < 1.29 is 4.79 Å². The summed E-state index contributed by atoms with van der Waals surface area (Å²) in [5.41, 5.74) is 1.73. The minimum absolute atomic E-state index is 0.0448. The van der Waals surface area contributed by atoms with E-state index >= 15 is 0 Å². The van der Waals surface area contributed by atoms with Crippen LogP contribution >= 0.6 is 11.8 Å². The zero-order valence-electron chi connectivity index (χ0n) is 15.5. The van der Waals surface area contributed by atoms with E-state index in [2.05, 4.69) is 42.9 Å². The van der Waals surface area contributed by atoms with Gasteiger partial charge in [-0.15, -0.1) is 11.8 Å².